The largest absolute Gasteiger partial charge is 0.469 e. The Morgan fingerprint density at radius 3 is 1.93 bits per heavy atom. The molecule has 1 nitrogen and oxygen atoms in total. The van der Waals surface area contributed by atoms with Gasteiger partial charge in [-0.05, 0) is 24.5 Å². The molecule has 0 radical (unpaired) electrons. The van der Waals surface area contributed by atoms with Gasteiger partial charge in [-0.2, -0.15) is 0 Å². The van der Waals surface area contributed by atoms with Gasteiger partial charge in [0.05, 0.1) is 6.26 Å². The van der Waals surface area contributed by atoms with Crippen LogP contribution in [0.25, 0.3) is 0 Å². The summed E-state index contributed by atoms with van der Waals surface area (Å²) in [5.41, 5.74) is 1.40. The van der Waals surface area contributed by atoms with Gasteiger partial charge in [-0.3, -0.25) is 0 Å². The van der Waals surface area contributed by atoms with Crippen molar-refractivity contribution in [1.82, 2.24) is 0 Å². The summed E-state index contributed by atoms with van der Waals surface area (Å²) in [7, 11) is 0. The number of hydrogen-bond donors (Lipinski definition) is 0. The van der Waals surface area contributed by atoms with Crippen LogP contribution in [-0.4, -0.2) is 0 Å². The third-order valence-corrected chi connectivity index (χ3v) is 1.83. The summed E-state index contributed by atoms with van der Waals surface area (Å²) in [6.45, 7) is 12.4. The van der Waals surface area contributed by atoms with Crippen molar-refractivity contribution in [2.24, 2.45) is 0 Å². The molecule has 1 aromatic heterocycles. The number of aryl methyl sites for hydroxylation is 2. The zero-order valence-corrected chi connectivity index (χ0v) is 11.4. The first-order valence-electron chi connectivity index (χ1n) is 6.43. The molecule has 1 rings (SSSR count). The summed E-state index contributed by atoms with van der Waals surface area (Å²) in [5, 5.41) is 0. The van der Waals surface area contributed by atoms with E-state index in [1.54, 1.807) is 6.26 Å². The van der Waals surface area contributed by atoms with Gasteiger partial charge in [-0.1, -0.05) is 48.0 Å². The fourth-order valence-corrected chi connectivity index (χ4v) is 1.31. The highest BCUT2D eigenvalue weighted by Gasteiger charge is 2.02. The quantitative estimate of drug-likeness (QED) is 0.665. The summed E-state index contributed by atoms with van der Waals surface area (Å²) in [6, 6.07) is 2.09. The second kappa shape index (κ2) is 13.3. The second-order valence-electron chi connectivity index (χ2n) is 2.87. The maximum atomic E-state index is 5.36. The third-order valence-electron chi connectivity index (χ3n) is 1.83. The molecule has 0 aliphatic rings. The van der Waals surface area contributed by atoms with Crippen LogP contribution in [0, 0.1) is 0 Å². The Labute approximate surface area is 95.9 Å². The molecule has 0 saturated heterocycles. The molecule has 1 heterocycles. The number of hydrogen-bond acceptors (Lipinski definition) is 1. The van der Waals surface area contributed by atoms with E-state index >= 15 is 0 Å². The molecular formula is C14H28O. The molecule has 0 fully saturated rings. The van der Waals surface area contributed by atoms with E-state index in [-0.39, 0.29) is 0 Å². The molecule has 90 valence electrons. The lowest BCUT2D eigenvalue weighted by atomic mass is 10.1. The third kappa shape index (κ3) is 7.24. The molecule has 0 spiro atoms. The van der Waals surface area contributed by atoms with Crippen molar-refractivity contribution in [3.8, 4) is 0 Å². The van der Waals surface area contributed by atoms with Gasteiger partial charge >= 0.3 is 0 Å². The maximum Gasteiger partial charge on any atom is 0.106 e. The lowest BCUT2D eigenvalue weighted by Crippen LogP contribution is -1.87. The van der Waals surface area contributed by atoms with Crippen LogP contribution in [0.5, 0.6) is 0 Å². The van der Waals surface area contributed by atoms with Crippen molar-refractivity contribution in [3.05, 3.63) is 23.7 Å². The minimum absolute atomic E-state index is 1.09. The zero-order chi connectivity index (χ0) is 12.1. The fraction of sp³-hybridized carbons (Fsp3) is 0.714. The highest BCUT2D eigenvalue weighted by atomic mass is 16.3. The van der Waals surface area contributed by atoms with E-state index in [0.717, 1.165) is 12.8 Å². The molecule has 0 saturated carbocycles. The highest BCUT2D eigenvalue weighted by molar-refractivity contribution is 5.17. The summed E-state index contributed by atoms with van der Waals surface area (Å²) >= 11 is 0. The van der Waals surface area contributed by atoms with Gasteiger partial charge in [0.15, 0.2) is 0 Å². The van der Waals surface area contributed by atoms with Gasteiger partial charge in [-0.25, -0.2) is 0 Å². The van der Waals surface area contributed by atoms with Crippen molar-refractivity contribution in [3.63, 3.8) is 0 Å². The van der Waals surface area contributed by atoms with Crippen LogP contribution < -0.4 is 0 Å². The summed E-state index contributed by atoms with van der Waals surface area (Å²) in [6.07, 6.45) is 6.42. The van der Waals surface area contributed by atoms with E-state index < -0.39 is 0 Å². The average Bonchev–Trinajstić information content (AvgIpc) is 2.73. The van der Waals surface area contributed by atoms with Crippen molar-refractivity contribution in [1.29, 1.82) is 0 Å². The SMILES string of the molecule is CC.CC.CCCc1ccoc1CCC. The van der Waals surface area contributed by atoms with Crippen molar-refractivity contribution in [2.45, 2.75) is 67.2 Å². The molecule has 1 heteroatoms. The summed E-state index contributed by atoms with van der Waals surface area (Å²) < 4.78 is 5.36. The number of furan rings is 1. The van der Waals surface area contributed by atoms with Crippen LogP contribution in [0.1, 0.15) is 65.7 Å². The van der Waals surface area contributed by atoms with Gasteiger partial charge in [0.25, 0.3) is 0 Å². The Morgan fingerprint density at radius 1 is 0.933 bits per heavy atom. The van der Waals surface area contributed by atoms with E-state index in [9.17, 15) is 0 Å². The molecule has 15 heavy (non-hydrogen) atoms. The molecule has 0 amide bonds. The van der Waals surface area contributed by atoms with E-state index in [2.05, 4.69) is 19.9 Å². The smallest absolute Gasteiger partial charge is 0.106 e. The molecule has 0 aliphatic carbocycles. The van der Waals surface area contributed by atoms with Crippen LogP contribution in [0.15, 0.2) is 16.7 Å². The van der Waals surface area contributed by atoms with E-state index in [0.29, 0.717) is 0 Å². The molecule has 0 N–H and O–H groups in total. The van der Waals surface area contributed by atoms with Crippen LogP contribution in [-0.2, 0) is 12.8 Å². The van der Waals surface area contributed by atoms with Gasteiger partial charge in [0, 0.05) is 6.42 Å². The zero-order valence-electron chi connectivity index (χ0n) is 11.4. The topological polar surface area (TPSA) is 13.1 Å². The lowest BCUT2D eigenvalue weighted by Gasteiger charge is -1.97. The van der Waals surface area contributed by atoms with E-state index in [1.807, 2.05) is 27.7 Å². The van der Waals surface area contributed by atoms with Gasteiger partial charge < -0.3 is 4.42 Å². The van der Waals surface area contributed by atoms with Crippen LogP contribution >= 0.6 is 0 Å². The first-order valence-corrected chi connectivity index (χ1v) is 6.43. The van der Waals surface area contributed by atoms with Crippen molar-refractivity contribution >= 4 is 0 Å². The summed E-state index contributed by atoms with van der Waals surface area (Å²) in [5.74, 6) is 1.19. The van der Waals surface area contributed by atoms with Gasteiger partial charge in [-0.15, -0.1) is 0 Å². The van der Waals surface area contributed by atoms with Crippen molar-refractivity contribution in [2.75, 3.05) is 0 Å². The van der Waals surface area contributed by atoms with Gasteiger partial charge in [0.1, 0.15) is 5.76 Å². The monoisotopic (exact) mass is 212 g/mol. The molecule has 1 aromatic rings. The molecule has 0 bridgehead atoms. The highest BCUT2D eigenvalue weighted by Crippen LogP contribution is 2.14. The van der Waals surface area contributed by atoms with Crippen LogP contribution in [0.4, 0.5) is 0 Å². The summed E-state index contributed by atoms with van der Waals surface area (Å²) in [4.78, 5) is 0. The predicted molar refractivity (Wildman–Crippen MR) is 69.4 cm³/mol. The first kappa shape index (κ1) is 16.7. The van der Waals surface area contributed by atoms with Crippen LogP contribution in [0.3, 0.4) is 0 Å². The molecule has 0 aromatic carbocycles. The van der Waals surface area contributed by atoms with E-state index in [1.165, 1.54) is 24.2 Å². The second-order valence-corrected chi connectivity index (χ2v) is 2.87. The number of rotatable bonds is 4. The molecule has 0 atom stereocenters. The molecular weight excluding hydrogens is 184 g/mol. The van der Waals surface area contributed by atoms with E-state index in [4.69, 9.17) is 4.42 Å². The minimum Gasteiger partial charge on any atom is -0.469 e. The molecule has 0 unspecified atom stereocenters. The van der Waals surface area contributed by atoms with Crippen molar-refractivity contribution < 1.29 is 4.42 Å². The Balaban J connectivity index is 0. The molecule has 0 aliphatic heterocycles. The fourth-order valence-electron chi connectivity index (χ4n) is 1.31. The minimum atomic E-state index is 1.09. The predicted octanol–water partition coefficient (Wildman–Crippen LogP) is 5.24. The Kier molecular flexibility index (Phi) is 14.8. The van der Waals surface area contributed by atoms with Gasteiger partial charge in [0.2, 0.25) is 0 Å². The lowest BCUT2D eigenvalue weighted by molar-refractivity contribution is 0.501. The maximum absolute atomic E-state index is 5.36. The first-order chi connectivity index (χ1) is 7.38. The normalized spacial score (nSPS) is 8.40. The standard InChI is InChI=1S/C10H16O.2C2H6/c1-3-5-9-7-8-11-10(9)6-4-2;2*1-2/h7-8H,3-6H2,1-2H3;2*1-2H3. The Bertz CT molecular complexity index is 180. The Morgan fingerprint density at radius 2 is 1.47 bits per heavy atom. The van der Waals surface area contributed by atoms with Crippen LogP contribution in [0.2, 0.25) is 0 Å². The average molecular weight is 212 g/mol. The Hall–Kier alpha value is -0.720.